The summed E-state index contributed by atoms with van der Waals surface area (Å²) in [5.41, 5.74) is 13.1. The Labute approximate surface area is 209 Å². The molecule has 4 nitrogen and oxygen atoms in total. The van der Waals surface area contributed by atoms with Crippen LogP contribution in [0.5, 0.6) is 0 Å². The second-order valence-electron chi connectivity index (χ2n) is 10.1. The molecule has 0 radical (unpaired) electrons. The molecule has 4 heteroatoms. The number of carbonyl (C=O) groups is 1. The van der Waals surface area contributed by atoms with Crippen LogP contribution in [-0.4, -0.2) is 17.1 Å². The van der Waals surface area contributed by atoms with E-state index in [1.165, 1.54) is 22.0 Å². The van der Waals surface area contributed by atoms with Crippen LogP contribution in [0.25, 0.3) is 10.9 Å². The number of hydrogen-bond donors (Lipinski definition) is 1. The van der Waals surface area contributed by atoms with E-state index in [9.17, 15) is 4.79 Å². The maximum Gasteiger partial charge on any atom is 0.319 e. The molecule has 1 aromatic heterocycles. The second-order valence-corrected chi connectivity index (χ2v) is 10.1. The van der Waals surface area contributed by atoms with Crippen molar-refractivity contribution in [1.82, 2.24) is 4.57 Å². The molecule has 0 spiro atoms. The molecule has 4 rings (SSSR count). The van der Waals surface area contributed by atoms with Gasteiger partial charge >= 0.3 is 6.03 Å². The summed E-state index contributed by atoms with van der Waals surface area (Å²) in [6.07, 6.45) is 3.04. The van der Waals surface area contributed by atoms with E-state index in [1.54, 1.807) is 0 Å². The van der Waals surface area contributed by atoms with Gasteiger partial charge in [-0.15, -0.1) is 0 Å². The summed E-state index contributed by atoms with van der Waals surface area (Å²) in [4.78, 5) is 14.9. The standard InChI is InChI=1S/C31H37N3O/c1-21(2)25-15-11-16-26(22(3)4)30(25)34(31(32)35)19-24(18-23-12-7-6-8-13-23)28-20-33(5)29-17-10-9-14-27(28)29/h6-17,20-22,24H,18-19H2,1-5H3,(H2,32,35). The number of aromatic nitrogens is 1. The van der Waals surface area contributed by atoms with Crippen molar-refractivity contribution in [1.29, 1.82) is 0 Å². The third-order valence-electron chi connectivity index (χ3n) is 6.97. The number of fused-ring (bicyclic) bond motifs is 1. The molecular weight excluding hydrogens is 430 g/mol. The molecule has 0 aliphatic heterocycles. The minimum Gasteiger partial charge on any atom is -0.351 e. The van der Waals surface area contributed by atoms with Crippen molar-refractivity contribution in [3.8, 4) is 0 Å². The summed E-state index contributed by atoms with van der Waals surface area (Å²) in [6, 6.07) is 25.0. The van der Waals surface area contributed by atoms with Gasteiger partial charge in [0.15, 0.2) is 0 Å². The van der Waals surface area contributed by atoms with E-state index in [2.05, 4.69) is 112 Å². The molecule has 35 heavy (non-hydrogen) atoms. The Morgan fingerprint density at radius 3 is 2.03 bits per heavy atom. The average molecular weight is 468 g/mol. The molecule has 2 N–H and O–H groups in total. The van der Waals surface area contributed by atoms with Crippen LogP contribution in [0.1, 0.15) is 67.7 Å². The molecule has 1 atom stereocenters. The van der Waals surface area contributed by atoms with Crippen molar-refractivity contribution in [2.75, 3.05) is 11.4 Å². The lowest BCUT2D eigenvalue weighted by molar-refractivity contribution is 0.253. The van der Waals surface area contributed by atoms with Crippen molar-refractivity contribution in [3.05, 3.63) is 101 Å². The molecule has 0 bridgehead atoms. The lowest BCUT2D eigenvalue weighted by Crippen LogP contribution is -2.40. The van der Waals surface area contributed by atoms with E-state index in [0.717, 1.165) is 23.2 Å². The van der Waals surface area contributed by atoms with Crippen molar-refractivity contribution in [2.45, 2.75) is 51.9 Å². The summed E-state index contributed by atoms with van der Waals surface area (Å²) in [5, 5.41) is 1.22. The Hall–Kier alpha value is -3.53. The fourth-order valence-electron chi connectivity index (χ4n) is 5.21. The fraction of sp³-hybridized carbons (Fsp3) is 0.323. The predicted octanol–water partition coefficient (Wildman–Crippen LogP) is 7.34. The van der Waals surface area contributed by atoms with Gasteiger partial charge in [0.2, 0.25) is 0 Å². The van der Waals surface area contributed by atoms with Gasteiger partial charge in [-0.05, 0) is 46.6 Å². The number of nitrogens with two attached hydrogens (primary N) is 1. The van der Waals surface area contributed by atoms with Gasteiger partial charge in [-0.25, -0.2) is 4.79 Å². The van der Waals surface area contributed by atoms with E-state index in [-0.39, 0.29) is 17.8 Å². The van der Waals surface area contributed by atoms with Crippen LogP contribution in [0, 0.1) is 0 Å². The van der Waals surface area contributed by atoms with Crippen LogP contribution in [-0.2, 0) is 13.5 Å². The second kappa shape index (κ2) is 10.4. The van der Waals surface area contributed by atoms with E-state index in [0.29, 0.717) is 6.54 Å². The number of carbonyl (C=O) groups excluding carboxylic acids is 1. The van der Waals surface area contributed by atoms with E-state index in [4.69, 9.17) is 5.73 Å². The van der Waals surface area contributed by atoms with Crippen LogP contribution >= 0.6 is 0 Å². The molecule has 1 heterocycles. The molecular formula is C31H37N3O. The van der Waals surface area contributed by atoms with Gasteiger partial charge in [0.05, 0.1) is 5.69 Å². The van der Waals surface area contributed by atoms with Crippen molar-refractivity contribution >= 4 is 22.6 Å². The normalized spacial score (nSPS) is 12.4. The number of nitrogens with zero attached hydrogens (tertiary/aromatic N) is 2. The van der Waals surface area contributed by atoms with Gasteiger partial charge in [0, 0.05) is 36.6 Å². The first-order valence-corrected chi connectivity index (χ1v) is 12.6. The molecule has 4 aromatic rings. The van der Waals surface area contributed by atoms with E-state index in [1.807, 2.05) is 11.0 Å². The Morgan fingerprint density at radius 1 is 0.829 bits per heavy atom. The number of para-hydroxylation sites is 2. The zero-order valence-corrected chi connectivity index (χ0v) is 21.5. The predicted molar refractivity (Wildman–Crippen MR) is 147 cm³/mol. The average Bonchev–Trinajstić information content (AvgIpc) is 3.18. The largest absolute Gasteiger partial charge is 0.351 e. The number of hydrogen-bond acceptors (Lipinski definition) is 1. The van der Waals surface area contributed by atoms with Crippen LogP contribution in [0.15, 0.2) is 79.0 Å². The van der Waals surface area contributed by atoms with Crippen LogP contribution < -0.4 is 10.6 Å². The van der Waals surface area contributed by atoms with Crippen molar-refractivity contribution < 1.29 is 4.79 Å². The molecule has 3 aromatic carbocycles. The SMILES string of the molecule is CC(C)c1cccc(C(C)C)c1N(CC(Cc1ccccc1)c1cn(C)c2ccccc12)C(N)=O. The number of anilines is 1. The summed E-state index contributed by atoms with van der Waals surface area (Å²) in [7, 11) is 2.09. The molecule has 182 valence electrons. The highest BCUT2D eigenvalue weighted by Crippen LogP contribution is 2.38. The van der Waals surface area contributed by atoms with Crippen molar-refractivity contribution in [2.24, 2.45) is 12.8 Å². The van der Waals surface area contributed by atoms with Crippen molar-refractivity contribution in [3.63, 3.8) is 0 Å². The monoisotopic (exact) mass is 467 g/mol. The molecule has 0 saturated heterocycles. The van der Waals surface area contributed by atoms with Crippen LogP contribution in [0.2, 0.25) is 0 Å². The number of benzene rings is 3. The number of rotatable bonds is 8. The van der Waals surface area contributed by atoms with Gasteiger partial charge in [-0.1, -0.05) is 94.4 Å². The topological polar surface area (TPSA) is 51.3 Å². The van der Waals surface area contributed by atoms with E-state index < -0.39 is 6.03 Å². The minimum atomic E-state index is -0.404. The summed E-state index contributed by atoms with van der Waals surface area (Å²) in [5.74, 6) is 0.627. The Kier molecular flexibility index (Phi) is 7.30. The van der Waals surface area contributed by atoms with Gasteiger partial charge in [-0.3, -0.25) is 4.90 Å². The van der Waals surface area contributed by atoms with Crippen LogP contribution in [0.4, 0.5) is 10.5 Å². The Balaban J connectivity index is 1.86. The molecule has 0 aliphatic carbocycles. The highest BCUT2D eigenvalue weighted by atomic mass is 16.2. The summed E-state index contributed by atoms with van der Waals surface area (Å²) >= 11 is 0. The molecule has 0 fully saturated rings. The lowest BCUT2D eigenvalue weighted by Gasteiger charge is -2.32. The molecule has 1 unspecified atom stereocenters. The maximum absolute atomic E-state index is 13.1. The first kappa shape index (κ1) is 24.6. The lowest BCUT2D eigenvalue weighted by atomic mass is 9.88. The van der Waals surface area contributed by atoms with Gasteiger partial charge < -0.3 is 10.3 Å². The Bertz CT molecular complexity index is 1280. The number of primary amides is 1. The Morgan fingerprint density at radius 2 is 1.43 bits per heavy atom. The quantitative estimate of drug-likeness (QED) is 0.290. The number of amides is 2. The van der Waals surface area contributed by atoms with E-state index >= 15 is 0 Å². The number of urea groups is 1. The van der Waals surface area contributed by atoms with Gasteiger partial charge in [0.1, 0.15) is 0 Å². The number of aryl methyl sites for hydroxylation is 1. The first-order chi connectivity index (χ1) is 16.8. The molecule has 0 saturated carbocycles. The molecule has 2 amide bonds. The zero-order chi connectivity index (χ0) is 25.1. The smallest absolute Gasteiger partial charge is 0.319 e. The van der Waals surface area contributed by atoms with Gasteiger partial charge in [0.25, 0.3) is 0 Å². The first-order valence-electron chi connectivity index (χ1n) is 12.6. The van der Waals surface area contributed by atoms with Gasteiger partial charge in [-0.2, -0.15) is 0 Å². The molecule has 0 aliphatic rings. The summed E-state index contributed by atoms with van der Waals surface area (Å²) < 4.78 is 2.18. The highest BCUT2D eigenvalue weighted by Gasteiger charge is 2.28. The fourth-order valence-corrected chi connectivity index (χ4v) is 5.21. The minimum absolute atomic E-state index is 0.0798. The third kappa shape index (κ3) is 5.12. The van der Waals surface area contributed by atoms with Crippen LogP contribution in [0.3, 0.4) is 0 Å². The maximum atomic E-state index is 13.1. The highest BCUT2D eigenvalue weighted by molar-refractivity contribution is 5.93. The third-order valence-corrected chi connectivity index (χ3v) is 6.97. The zero-order valence-electron chi connectivity index (χ0n) is 21.5. The summed E-state index contributed by atoms with van der Waals surface area (Å²) in [6.45, 7) is 9.22.